The van der Waals surface area contributed by atoms with Crippen molar-refractivity contribution in [2.75, 3.05) is 19.6 Å². The second-order valence-electron chi connectivity index (χ2n) is 6.20. The van der Waals surface area contributed by atoms with E-state index in [0.29, 0.717) is 0 Å². The average Bonchev–Trinajstić information content (AvgIpc) is 2.69. The number of nitrogens with zero attached hydrogens (tertiary/aromatic N) is 3. The van der Waals surface area contributed by atoms with Gasteiger partial charge in [0.25, 0.3) is 0 Å². The fourth-order valence-corrected chi connectivity index (χ4v) is 3.20. The van der Waals surface area contributed by atoms with E-state index >= 15 is 0 Å². The van der Waals surface area contributed by atoms with Gasteiger partial charge in [-0.05, 0) is 39.7 Å². The zero-order valence-electron chi connectivity index (χ0n) is 12.4. The molecular formula is C15H22N4O. The van der Waals surface area contributed by atoms with Gasteiger partial charge in [-0.15, -0.1) is 0 Å². The third-order valence-electron chi connectivity index (χ3n) is 4.50. The predicted molar refractivity (Wildman–Crippen MR) is 76.2 cm³/mol. The molecule has 20 heavy (non-hydrogen) atoms. The van der Waals surface area contributed by atoms with Gasteiger partial charge in [-0.2, -0.15) is 0 Å². The van der Waals surface area contributed by atoms with Crippen molar-refractivity contribution in [1.29, 1.82) is 0 Å². The molecule has 5 nitrogen and oxygen atoms in total. The molecular weight excluding hydrogens is 252 g/mol. The van der Waals surface area contributed by atoms with Gasteiger partial charge in [-0.3, -0.25) is 4.79 Å². The largest absolute Gasteiger partial charge is 0.330 e. The van der Waals surface area contributed by atoms with Crippen LogP contribution in [0.3, 0.4) is 0 Å². The van der Waals surface area contributed by atoms with E-state index in [1.165, 1.54) is 0 Å². The summed E-state index contributed by atoms with van der Waals surface area (Å²) in [5.41, 5.74) is 1.60. The fourth-order valence-electron chi connectivity index (χ4n) is 3.20. The lowest BCUT2D eigenvalue weighted by atomic mass is 9.94. The number of carbonyl (C=O) groups excluding carboxylic acids is 1. The highest BCUT2D eigenvalue weighted by atomic mass is 16.2. The highest BCUT2D eigenvalue weighted by Gasteiger charge is 2.46. The van der Waals surface area contributed by atoms with Crippen molar-refractivity contribution >= 4 is 5.91 Å². The molecule has 5 heteroatoms. The number of aryl methyl sites for hydroxylation is 2. The predicted octanol–water partition coefficient (Wildman–Crippen LogP) is 1.15. The van der Waals surface area contributed by atoms with Crippen molar-refractivity contribution in [3.63, 3.8) is 0 Å². The van der Waals surface area contributed by atoms with Gasteiger partial charge < -0.3 is 10.2 Å². The summed E-state index contributed by atoms with van der Waals surface area (Å²) < 4.78 is 0. The Morgan fingerprint density at radius 1 is 1.35 bits per heavy atom. The quantitative estimate of drug-likeness (QED) is 0.879. The number of amides is 1. The van der Waals surface area contributed by atoms with E-state index in [9.17, 15) is 4.79 Å². The lowest BCUT2D eigenvalue weighted by Gasteiger charge is -2.38. The van der Waals surface area contributed by atoms with Crippen molar-refractivity contribution in [3.05, 3.63) is 23.3 Å². The normalized spacial score (nSPS) is 26.6. The van der Waals surface area contributed by atoms with Gasteiger partial charge >= 0.3 is 0 Å². The van der Waals surface area contributed by atoms with E-state index in [1.807, 2.05) is 24.8 Å². The minimum atomic E-state index is -0.344. The highest BCUT2D eigenvalue weighted by Crippen LogP contribution is 2.38. The Bertz CT molecular complexity index is 520. The minimum absolute atomic E-state index is 0.137. The number of hydrogen-bond acceptors (Lipinski definition) is 4. The molecule has 2 aliphatic rings. The Morgan fingerprint density at radius 3 is 2.55 bits per heavy atom. The standard InChI is InChI=1S/C15H22N4O/c1-10-7-11(2)18-14(17-10)15(3)5-4-6-19(15)13(20)12-8-16-9-12/h7,12,16H,4-6,8-9H2,1-3H3/t15-/m0/s1. The molecule has 0 spiro atoms. The van der Waals surface area contributed by atoms with Crippen molar-refractivity contribution < 1.29 is 4.79 Å². The van der Waals surface area contributed by atoms with Crippen molar-refractivity contribution in [1.82, 2.24) is 20.2 Å². The number of hydrogen-bond donors (Lipinski definition) is 1. The molecule has 3 rings (SSSR count). The molecule has 1 aromatic rings. The van der Waals surface area contributed by atoms with Crippen LogP contribution < -0.4 is 5.32 Å². The lowest BCUT2D eigenvalue weighted by Crippen LogP contribution is -2.55. The van der Waals surface area contributed by atoms with Crippen LogP contribution in [-0.4, -0.2) is 40.4 Å². The number of likely N-dealkylation sites (tertiary alicyclic amines) is 1. The zero-order chi connectivity index (χ0) is 14.3. The number of aromatic nitrogens is 2. The first-order chi connectivity index (χ1) is 9.50. The van der Waals surface area contributed by atoms with Gasteiger partial charge in [0.2, 0.25) is 5.91 Å². The Labute approximate surface area is 119 Å². The number of rotatable bonds is 2. The molecule has 2 fully saturated rings. The molecule has 0 aromatic carbocycles. The lowest BCUT2D eigenvalue weighted by molar-refractivity contribution is -0.141. The summed E-state index contributed by atoms with van der Waals surface area (Å²) in [7, 11) is 0. The van der Waals surface area contributed by atoms with Crippen LogP contribution in [-0.2, 0) is 10.3 Å². The minimum Gasteiger partial charge on any atom is -0.330 e. The van der Waals surface area contributed by atoms with E-state index in [2.05, 4.69) is 22.2 Å². The summed E-state index contributed by atoms with van der Waals surface area (Å²) in [5.74, 6) is 1.19. The van der Waals surface area contributed by atoms with Crippen LogP contribution in [0.4, 0.5) is 0 Å². The van der Waals surface area contributed by atoms with Crippen LogP contribution in [0.2, 0.25) is 0 Å². The molecule has 2 aliphatic heterocycles. The second kappa shape index (κ2) is 4.81. The molecule has 3 heterocycles. The Hall–Kier alpha value is -1.49. The van der Waals surface area contributed by atoms with E-state index in [4.69, 9.17) is 0 Å². The molecule has 1 amide bonds. The third kappa shape index (κ3) is 2.10. The van der Waals surface area contributed by atoms with E-state index < -0.39 is 0 Å². The molecule has 1 N–H and O–H groups in total. The van der Waals surface area contributed by atoms with Gasteiger partial charge in [-0.25, -0.2) is 9.97 Å². The smallest absolute Gasteiger partial charge is 0.229 e. The summed E-state index contributed by atoms with van der Waals surface area (Å²) in [6.45, 7) is 8.51. The van der Waals surface area contributed by atoms with Crippen LogP contribution in [0.15, 0.2) is 6.07 Å². The van der Waals surface area contributed by atoms with Crippen molar-refractivity contribution in [2.24, 2.45) is 5.92 Å². The maximum Gasteiger partial charge on any atom is 0.229 e. The summed E-state index contributed by atoms with van der Waals surface area (Å²) >= 11 is 0. The van der Waals surface area contributed by atoms with Gasteiger partial charge in [-0.1, -0.05) is 0 Å². The molecule has 0 radical (unpaired) electrons. The molecule has 1 atom stereocenters. The maximum absolute atomic E-state index is 12.6. The van der Waals surface area contributed by atoms with Crippen LogP contribution >= 0.6 is 0 Å². The number of nitrogens with one attached hydrogen (secondary N) is 1. The molecule has 2 saturated heterocycles. The van der Waals surface area contributed by atoms with Crippen LogP contribution in [0, 0.1) is 19.8 Å². The maximum atomic E-state index is 12.6. The molecule has 0 aliphatic carbocycles. The topological polar surface area (TPSA) is 58.1 Å². The Balaban J connectivity index is 1.93. The first-order valence-electron chi connectivity index (χ1n) is 7.36. The van der Waals surface area contributed by atoms with Gasteiger partial charge in [0.15, 0.2) is 5.82 Å². The first kappa shape index (κ1) is 13.5. The SMILES string of the molecule is Cc1cc(C)nc([C@]2(C)CCCN2C(=O)C2CNC2)n1. The van der Waals surface area contributed by atoms with Gasteiger partial charge in [0.05, 0.1) is 11.5 Å². The van der Waals surface area contributed by atoms with Gasteiger partial charge in [0, 0.05) is 31.0 Å². The highest BCUT2D eigenvalue weighted by molar-refractivity contribution is 5.81. The van der Waals surface area contributed by atoms with Gasteiger partial charge in [0.1, 0.15) is 0 Å². The summed E-state index contributed by atoms with van der Waals surface area (Å²) in [5, 5.41) is 3.17. The fraction of sp³-hybridized carbons (Fsp3) is 0.667. The molecule has 108 valence electrons. The Morgan fingerprint density at radius 2 is 2.00 bits per heavy atom. The number of carbonyl (C=O) groups is 1. The van der Waals surface area contributed by atoms with Crippen molar-refractivity contribution in [2.45, 2.75) is 39.2 Å². The average molecular weight is 274 g/mol. The second-order valence-corrected chi connectivity index (χ2v) is 6.20. The molecule has 0 unspecified atom stereocenters. The van der Waals surface area contributed by atoms with Crippen molar-refractivity contribution in [3.8, 4) is 0 Å². The van der Waals surface area contributed by atoms with Crippen LogP contribution in [0.25, 0.3) is 0 Å². The van der Waals surface area contributed by atoms with Crippen LogP contribution in [0.1, 0.15) is 37.0 Å². The van der Waals surface area contributed by atoms with E-state index in [-0.39, 0.29) is 17.4 Å². The zero-order valence-corrected chi connectivity index (χ0v) is 12.4. The van der Waals surface area contributed by atoms with Crippen LogP contribution in [0.5, 0.6) is 0 Å². The molecule has 0 bridgehead atoms. The molecule has 1 aromatic heterocycles. The molecule has 0 saturated carbocycles. The van der Waals surface area contributed by atoms with E-state index in [1.54, 1.807) is 0 Å². The summed E-state index contributed by atoms with van der Waals surface area (Å²) in [6, 6.07) is 1.98. The summed E-state index contributed by atoms with van der Waals surface area (Å²) in [6.07, 6.45) is 1.97. The monoisotopic (exact) mass is 274 g/mol. The summed E-state index contributed by atoms with van der Waals surface area (Å²) in [4.78, 5) is 23.8. The van der Waals surface area contributed by atoms with E-state index in [0.717, 1.165) is 49.7 Å². The first-order valence-corrected chi connectivity index (χ1v) is 7.36. The third-order valence-corrected chi connectivity index (χ3v) is 4.50. The Kier molecular flexibility index (Phi) is 3.24.